The normalized spacial score (nSPS) is 12.5. The first-order valence-electron chi connectivity index (χ1n) is 8.63. The molecule has 0 N–H and O–H groups in total. The number of methoxy groups -OCH3 is 1. The summed E-state index contributed by atoms with van der Waals surface area (Å²) in [6, 6.07) is 3.87. The van der Waals surface area contributed by atoms with Crippen LogP contribution in [0.1, 0.15) is 40.5 Å². The molecule has 0 aliphatic heterocycles. The zero-order chi connectivity index (χ0) is 19.6. The lowest BCUT2D eigenvalue weighted by Gasteiger charge is -2.17. The van der Waals surface area contributed by atoms with E-state index in [0.717, 1.165) is 17.0 Å². The van der Waals surface area contributed by atoms with Crippen molar-refractivity contribution in [1.82, 2.24) is 14.8 Å². The Hall–Kier alpha value is -2.32. The van der Waals surface area contributed by atoms with Gasteiger partial charge in [0.25, 0.3) is 11.1 Å². The molecule has 0 radical (unpaired) electrons. The average molecular weight is 389 g/mol. The summed E-state index contributed by atoms with van der Waals surface area (Å²) in [5.41, 5.74) is 3.47. The number of nitrogens with zero attached hydrogens (tertiary/aromatic N) is 3. The van der Waals surface area contributed by atoms with Crippen LogP contribution in [0.3, 0.4) is 0 Å². The van der Waals surface area contributed by atoms with Crippen LogP contribution in [0, 0.1) is 20.8 Å². The van der Waals surface area contributed by atoms with E-state index in [1.807, 2.05) is 26.8 Å². The van der Waals surface area contributed by atoms with Gasteiger partial charge in [-0.05, 0) is 39.8 Å². The quantitative estimate of drug-likeness (QED) is 0.421. The summed E-state index contributed by atoms with van der Waals surface area (Å²) in [6.07, 6.45) is 1.57. The Morgan fingerprint density at radius 3 is 2.78 bits per heavy atom. The number of rotatable bonds is 8. The number of carbonyl (C=O) groups excluding carboxylic acids is 1. The Bertz CT molecular complexity index is 941. The predicted octanol–water partition coefficient (Wildman–Crippen LogP) is 4.24. The highest BCUT2D eigenvalue weighted by molar-refractivity contribution is 7.99. The summed E-state index contributed by atoms with van der Waals surface area (Å²) in [4.78, 5) is 12.7. The monoisotopic (exact) mass is 389 g/mol. The summed E-state index contributed by atoms with van der Waals surface area (Å²) >= 11 is 1.24. The second-order valence-corrected chi connectivity index (χ2v) is 7.36. The molecule has 7 nitrogen and oxygen atoms in total. The molecule has 3 heterocycles. The van der Waals surface area contributed by atoms with Crippen LogP contribution >= 0.6 is 11.8 Å². The van der Waals surface area contributed by atoms with Gasteiger partial charge < -0.3 is 18.1 Å². The number of aromatic nitrogens is 3. The van der Waals surface area contributed by atoms with Crippen LogP contribution < -0.4 is 0 Å². The SMILES string of the molecule is COCC(C)n1c(C)cc(C(=O)CSc2nnc(-c3ccoc3C)o2)c1C. The van der Waals surface area contributed by atoms with Crippen molar-refractivity contribution < 1.29 is 18.4 Å². The third-order valence-electron chi connectivity index (χ3n) is 4.46. The van der Waals surface area contributed by atoms with Gasteiger partial charge in [0.2, 0.25) is 0 Å². The zero-order valence-corrected chi connectivity index (χ0v) is 16.9. The number of aryl methyl sites for hydroxylation is 2. The van der Waals surface area contributed by atoms with Gasteiger partial charge in [-0.2, -0.15) is 0 Å². The van der Waals surface area contributed by atoms with E-state index in [2.05, 4.69) is 21.7 Å². The summed E-state index contributed by atoms with van der Waals surface area (Å²) in [5, 5.41) is 8.39. The number of furan rings is 1. The van der Waals surface area contributed by atoms with Crippen molar-refractivity contribution in [2.75, 3.05) is 19.5 Å². The van der Waals surface area contributed by atoms with Crippen LogP contribution in [0.5, 0.6) is 0 Å². The second kappa shape index (κ2) is 8.14. The summed E-state index contributed by atoms with van der Waals surface area (Å²) in [5.74, 6) is 1.37. The standard InChI is InChI=1S/C19H23N3O4S/c1-11-8-16(13(3)22(11)12(2)9-24-5)17(23)10-27-19-21-20-18(26-19)15-6-7-25-14(15)4/h6-8,12H,9-10H2,1-5H3. The Morgan fingerprint density at radius 2 is 2.11 bits per heavy atom. The fourth-order valence-electron chi connectivity index (χ4n) is 3.24. The molecule has 0 aliphatic carbocycles. The van der Waals surface area contributed by atoms with Gasteiger partial charge in [0.15, 0.2) is 5.78 Å². The van der Waals surface area contributed by atoms with Gasteiger partial charge >= 0.3 is 0 Å². The van der Waals surface area contributed by atoms with E-state index in [9.17, 15) is 4.79 Å². The number of ketones is 1. The second-order valence-electron chi connectivity index (χ2n) is 6.43. The molecule has 0 fully saturated rings. The lowest BCUT2D eigenvalue weighted by Crippen LogP contribution is -2.14. The number of hydrogen-bond donors (Lipinski definition) is 0. The molecule has 0 amide bonds. The van der Waals surface area contributed by atoms with Gasteiger partial charge in [-0.25, -0.2) is 0 Å². The largest absolute Gasteiger partial charge is 0.469 e. The Labute approximate surface area is 162 Å². The van der Waals surface area contributed by atoms with Crippen LogP contribution in [0.4, 0.5) is 0 Å². The van der Waals surface area contributed by atoms with Crippen molar-refractivity contribution in [3.8, 4) is 11.5 Å². The van der Waals surface area contributed by atoms with Crippen molar-refractivity contribution in [3.63, 3.8) is 0 Å². The van der Waals surface area contributed by atoms with E-state index in [0.29, 0.717) is 29.0 Å². The molecular weight excluding hydrogens is 366 g/mol. The topological polar surface area (TPSA) is 83.3 Å². The summed E-state index contributed by atoms with van der Waals surface area (Å²) < 4.78 is 18.3. The zero-order valence-electron chi connectivity index (χ0n) is 16.1. The highest BCUT2D eigenvalue weighted by Crippen LogP contribution is 2.27. The number of thioether (sulfide) groups is 1. The molecule has 1 unspecified atom stereocenters. The van der Waals surface area contributed by atoms with Crippen molar-refractivity contribution in [1.29, 1.82) is 0 Å². The first kappa shape index (κ1) is 19.4. The predicted molar refractivity (Wildman–Crippen MR) is 102 cm³/mol. The first-order valence-corrected chi connectivity index (χ1v) is 9.62. The third kappa shape index (κ3) is 4.01. The molecule has 3 aromatic rings. The maximum atomic E-state index is 12.7. The van der Waals surface area contributed by atoms with Crippen LogP contribution in [0.25, 0.3) is 11.5 Å². The summed E-state index contributed by atoms with van der Waals surface area (Å²) in [7, 11) is 1.68. The van der Waals surface area contributed by atoms with Crippen molar-refractivity contribution in [2.24, 2.45) is 0 Å². The fraction of sp³-hybridized carbons (Fsp3) is 0.421. The van der Waals surface area contributed by atoms with Crippen LogP contribution in [-0.4, -0.2) is 40.0 Å². The highest BCUT2D eigenvalue weighted by atomic mass is 32.2. The van der Waals surface area contributed by atoms with Gasteiger partial charge in [0, 0.05) is 24.1 Å². The van der Waals surface area contributed by atoms with E-state index >= 15 is 0 Å². The van der Waals surface area contributed by atoms with Crippen molar-refractivity contribution in [3.05, 3.63) is 41.1 Å². The molecule has 0 aromatic carbocycles. The maximum absolute atomic E-state index is 12.7. The van der Waals surface area contributed by atoms with Crippen molar-refractivity contribution in [2.45, 2.75) is 39.0 Å². The minimum Gasteiger partial charge on any atom is -0.469 e. The average Bonchev–Trinajstić information content (AvgIpc) is 3.32. The number of Topliss-reactive ketones (excluding diaryl/α,β-unsaturated/α-hetero) is 1. The molecular formula is C19H23N3O4S. The molecule has 0 aliphatic rings. The molecule has 27 heavy (non-hydrogen) atoms. The summed E-state index contributed by atoms with van der Waals surface area (Å²) in [6.45, 7) is 8.46. The van der Waals surface area contributed by atoms with Crippen LogP contribution in [-0.2, 0) is 4.74 Å². The molecule has 1 atom stereocenters. The molecule has 3 aromatic heterocycles. The molecule has 0 spiro atoms. The highest BCUT2D eigenvalue weighted by Gasteiger charge is 2.20. The fourth-order valence-corrected chi connectivity index (χ4v) is 3.89. The maximum Gasteiger partial charge on any atom is 0.277 e. The molecule has 0 saturated carbocycles. The van der Waals surface area contributed by atoms with Crippen molar-refractivity contribution >= 4 is 17.5 Å². The van der Waals surface area contributed by atoms with Crippen LogP contribution in [0.15, 0.2) is 32.5 Å². The Morgan fingerprint density at radius 1 is 1.33 bits per heavy atom. The Kier molecular flexibility index (Phi) is 5.86. The van der Waals surface area contributed by atoms with Gasteiger partial charge in [-0.1, -0.05) is 11.8 Å². The van der Waals surface area contributed by atoms with E-state index in [1.165, 1.54) is 11.8 Å². The molecule has 8 heteroatoms. The van der Waals surface area contributed by atoms with E-state index < -0.39 is 0 Å². The third-order valence-corrected chi connectivity index (χ3v) is 5.27. The molecule has 0 saturated heterocycles. The number of carbonyl (C=O) groups is 1. The smallest absolute Gasteiger partial charge is 0.277 e. The first-order chi connectivity index (χ1) is 12.9. The van der Waals surface area contributed by atoms with Gasteiger partial charge in [0.05, 0.1) is 30.2 Å². The van der Waals surface area contributed by atoms with Gasteiger partial charge in [-0.3, -0.25) is 4.79 Å². The lowest BCUT2D eigenvalue weighted by molar-refractivity contribution is 0.102. The minimum atomic E-state index is 0.0307. The molecule has 3 rings (SSSR count). The molecule has 0 bridgehead atoms. The van der Waals surface area contributed by atoms with Gasteiger partial charge in [-0.15, -0.1) is 10.2 Å². The Balaban J connectivity index is 1.69. The lowest BCUT2D eigenvalue weighted by atomic mass is 10.2. The minimum absolute atomic E-state index is 0.0307. The number of ether oxygens (including phenoxy) is 1. The van der Waals surface area contributed by atoms with E-state index in [4.69, 9.17) is 13.6 Å². The molecule has 144 valence electrons. The van der Waals surface area contributed by atoms with Gasteiger partial charge in [0.1, 0.15) is 5.76 Å². The van der Waals surface area contributed by atoms with Crippen LogP contribution in [0.2, 0.25) is 0 Å². The number of hydrogen-bond acceptors (Lipinski definition) is 7. The van der Waals surface area contributed by atoms with E-state index in [-0.39, 0.29) is 17.6 Å². The van der Waals surface area contributed by atoms with E-state index in [1.54, 1.807) is 19.4 Å².